The molecule has 2 rings (SSSR count). The van der Waals surface area contributed by atoms with Crippen LogP contribution in [0.25, 0.3) is 0 Å². The lowest BCUT2D eigenvalue weighted by Gasteiger charge is -2.19. The minimum atomic E-state index is -0.180. The monoisotopic (exact) mass is 294 g/mol. The van der Waals surface area contributed by atoms with Crippen molar-refractivity contribution in [1.82, 2.24) is 4.98 Å². The highest BCUT2D eigenvalue weighted by atomic mass is 35.5. The first-order valence-corrected chi connectivity index (χ1v) is 6.41. The van der Waals surface area contributed by atoms with Crippen LogP contribution in [-0.2, 0) is 0 Å². The Labute approximate surface area is 121 Å². The van der Waals surface area contributed by atoms with Crippen molar-refractivity contribution in [2.45, 2.75) is 6.92 Å². The van der Waals surface area contributed by atoms with Crippen LogP contribution in [0.2, 0.25) is 10.2 Å². The smallest absolute Gasteiger partial charge is 0.259 e. The van der Waals surface area contributed by atoms with Crippen LogP contribution in [0.5, 0.6) is 0 Å². The largest absolute Gasteiger partial charge is 0.311 e. The average molecular weight is 295 g/mol. The van der Waals surface area contributed by atoms with Gasteiger partial charge in [0.1, 0.15) is 5.15 Å². The van der Waals surface area contributed by atoms with E-state index < -0.39 is 0 Å². The number of hydrogen-bond donors (Lipinski definition) is 0. The third kappa shape index (κ3) is 2.88. The molecule has 0 unspecified atom stereocenters. The van der Waals surface area contributed by atoms with Crippen molar-refractivity contribution in [3.05, 3.63) is 57.8 Å². The Kier molecular flexibility index (Phi) is 4.08. The molecule has 1 heterocycles. The van der Waals surface area contributed by atoms with Gasteiger partial charge in [0, 0.05) is 18.9 Å². The van der Waals surface area contributed by atoms with E-state index in [0.29, 0.717) is 5.56 Å². The number of rotatable bonds is 2. The molecule has 1 aromatic heterocycles. The van der Waals surface area contributed by atoms with Gasteiger partial charge in [0.25, 0.3) is 5.91 Å². The Hall–Kier alpha value is -1.58. The summed E-state index contributed by atoms with van der Waals surface area (Å²) in [6.07, 6.45) is 1.42. The van der Waals surface area contributed by atoms with E-state index in [1.807, 2.05) is 31.2 Å². The van der Waals surface area contributed by atoms with Crippen LogP contribution >= 0.6 is 23.2 Å². The fourth-order valence-electron chi connectivity index (χ4n) is 1.78. The number of hydrogen-bond acceptors (Lipinski definition) is 2. The second-order valence-corrected chi connectivity index (χ2v) is 4.91. The van der Waals surface area contributed by atoms with E-state index in [0.717, 1.165) is 11.3 Å². The number of carbonyl (C=O) groups is 1. The lowest BCUT2D eigenvalue weighted by Crippen LogP contribution is -2.27. The Morgan fingerprint density at radius 2 is 1.95 bits per heavy atom. The second-order valence-electron chi connectivity index (χ2n) is 4.15. The molecule has 0 bridgehead atoms. The second kappa shape index (κ2) is 5.59. The maximum absolute atomic E-state index is 12.3. The lowest BCUT2D eigenvalue weighted by atomic mass is 10.1. The zero-order valence-corrected chi connectivity index (χ0v) is 12.0. The highest BCUT2D eigenvalue weighted by Crippen LogP contribution is 2.23. The number of nitrogens with zero attached hydrogens (tertiary/aromatic N) is 2. The molecule has 1 aromatic carbocycles. The minimum absolute atomic E-state index is 0.180. The summed E-state index contributed by atoms with van der Waals surface area (Å²) in [5.41, 5.74) is 2.27. The van der Waals surface area contributed by atoms with Gasteiger partial charge in [-0.1, -0.05) is 41.4 Å². The third-order valence-corrected chi connectivity index (χ3v) is 3.51. The number of benzene rings is 1. The van der Waals surface area contributed by atoms with E-state index in [1.54, 1.807) is 11.9 Å². The summed E-state index contributed by atoms with van der Waals surface area (Å²) < 4.78 is 0. The first kappa shape index (κ1) is 13.8. The van der Waals surface area contributed by atoms with Gasteiger partial charge in [0.05, 0.1) is 10.6 Å². The summed E-state index contributed by atoms with van der Waals surface area (Å²) in [5.74, 6) is -0.180. The van der Waals surface area contributed by atoms with E-state index >= 15 is 0 Å². The summed E-state index contributed by atoms with van der Waals surface area (Å²) in [6, 6.07) is 9.18. The summed E-state index contributed by atoms with van der Waals surface area (Å²) in [6.45, 7) is 1.95. The number of aromatic nitrogens is 1. The highest BCUT2D eigenvalue weighted by Gasteiger charge is 2.16. The quantitative estimate of drug-likeness (QED) is 0.785. The van der Waals surface area contributed by atoms with E-state index in [-0.39, 0.29) is 16.1 Å². The van der Waals surface area contributed by atoms with Crippen molar-refractivity contribution in [2.24, 2.45) is 0 Å². The van der Waals surface area contributed by atoms with Crippen molar-refractivity contribution in [1.29, 1.82) is 0 Å². The van der Waals surface area contributed by atoms with Gasteiger partial charge in [-0.3, -0.25) is 4.79 Å². The van der Waals surface area contributed by atoms with Gasteiger partial charge in [0.2, 0.25) is 0 Å². The van der Waals surface area contributed by atoms with Crippen LogP contribution in [-0.4, -0.2) is 17.9 Å². The number of halogens is 2. The first-order valence-electron chi connectivity index (χ1n) is 5.65. The fourth-order valence-corrected chi connectivity index (χ4v) is 2.05. The van der Waals surface area contributed by atoms with Crippen molar-refractivity contribution >= 4 is 34.8 Å². The number of aryl methyl sites for hydroxylation is 1. The van der Waals surface area contributed by atoms with Crippen molar-refractivity contribution in [2.75, 3.05) is 11.9 Å². The molecule has 0 radical (unpaired) electrons. The van der Waals surface area contributed by atoms with Gasteiger partial charge in [-0.25, -0.2) is 4.98 Å². The standard InChI is InChI=1S/C14H12Cl2N2O/c1-9-5-3-4-6-12(9)18(2)14(19)10-7-11(15)13(16)17-8-10/h3-8H,1-2H3. The van der Waals surface area contributed by atoms with Crippen LogP contribution < -0.4 is 4.90 Å². The molecule has 0 spiro atoms. The molecule has 1 amide bonds. The Morgan fingerprint density at radius 1 is 1.26 bits per heavy atom. The van der Waals surface area contributed by atoms with Crippen LogP contribution in [0.3, 0.4) is 0 Å². The molecule has 98 valence electrons. The maximum atomic E-state index is 12.3. The Balaban J connectivity index is 2.34. The molecule has 5 heteroatoms. The molecule has 0 N–H and O–H groups in total. The van der Waals surface area contributed by atoms with Gasteiger partial charge >= 0.3 is 0 Å². The Bertz CT molecular complexity index is 629. The van der Waals surface area contributed by atoms with E-state index in [9.17, 15) is 4.79 Å². The predicted octanol–water partition coefficient (Wildman–Crippen LogP) is 3.97. The van der Waals surface area contributed by atoms with E-state index in [4.69, 9.17) is 23.2 Å². The zero-order chi connectivity index (χ0) is 14.0. The molecule has 2 aromatic rings. The molecule has 0 aliphatic rings. The summed E-state index contributed by atoms with van der Waals surface area (Å²) >= 11 is 11.6. The first-order chi connectivity index (χ1) is 9.00. The normalized spacial score (nSPS) is 10.3. The zero-order valence-electron chi connectivity index (χ0n) is 10.5. The van der Waals surface area contributed by atoms with Crippen LogP contribution in [0.15, 0.2) is 36.5 Å². The maximum Gasteiger partial charge on any atom is 0.259 e. The van der Waals surface area contributed by atoms with Crippen molar-refractivity contribution < 1.29 is 4.79 Å². The van der Waals surface area contributed by atoms with Gasteiger partial charge in [0.15, 0.2) is 0 Å². The van der Waals surface area contributed by atoms with Gasteiger partial charge < -0.3 is 4.90 Å². The average Bonchev–Trinajstić information content (AvgIpc) is 2.41. The van der Waals surface area contributed by atoms with Gasteiger partial charge in [-0.15, -0.1) is 0 Å². The SMILES string of the molecule is Cc1ccccc1N(C)C(=O)c1cnc(Cl)c(Cl)c1. The van der Waals surface area contributed by atoms with Crippen LogP contribution in [0, 0.1) is 6.92 Å². The minimum Gasteiger partial charge on any atom is -0.311 e. The van der Waals surface area contributed by atoms with Crippen molar-refractivity contribution in [3.63, 3.8) is 0 Å². The Morgan fingerprint density at radius 3 is 2.58 bits per heavy atom. The fraction of sp³-hybridized carbons (Fsp3) is 0.143. The van der Waals surface area contributed by atoms with Gasteiger partial charge in [-0.05, 0) is 24.6 Å². The molecular weight excluding hydrogens is 283 g/mol. The number of amides is 1. The molecule has 0 aliphatic carbocycles. The summed E-state index contributed by atoms with van der Waals surface area (Å²) in [5, 5.41) is 0.461. The number of para-hydroxylation sites is 1. The molecule has 3 nitrogen and oxygen atoms in total. The molecular formula is C14H12Cl2N2O. The summed E-state index contributed by atoms with van der Waals surface area (Å²) in [4.78, 5) is 17.8. The number of anilines is 1. The molecule has 0 atom stereocenters. The summed E-state index contributed by atoms with van der Waals surface area (Å²) in [7, 11) is 1.72. The van der Waals surface area contributed by atoms with E-state index in [2.05, 4.69) is 4.98 Å². The van der Waals surface area contributed by atoms with Crippen LogP contribution in [0.1, 0.15) is 15.9 Å². The topological polar surface area (TPSA) is 33.2 Å². The molecule has 0 fully saturated rings. The highest BCUT2D eigenvalue weighted by molar-refractivity contribution is 6.41. The van der Waals surface area contributed by atoms with E-state index in [1.165, 1.54) is 12.3 Å². The molecule has 19 heavy (non-hydrogen) atoms. The molecule has 0 saturated heterocycles. The predicted molar refractivity (Wildman–Crippen MR) is 78.2 cm³/mol. The molecule has 0 aliphatic heterocycles. The van der Waals surface area contributed by atoms with Crippen molar-refractivity contribution in [3.8, 4) is 0 Å². The third-order valence-electron chi connectivity index (χ3n) is 2.82. The number of carbonyl (C=O) groups excluding carboxylic acids is 1. The number of pyridine rings is 1. The van der Waals surface area contributed by atoms with Gasteiger partial charge in [-0.2, -0.15) is 0 Å². The van der Waals surface area contributed by atoms with Crippen LogP contribution in [0.4, 0.5) is 5.69 Å². The lowest BCUT2D eigenvalue weighted by molar-refractivity contribution is 0.0992. The molecule has 0 saturated carbocycles.